The van der Waals surface area contributed by atoms with E-state index < -0.39 is 0 Å². The van der Waals surface area contributed by atoms with Crippen LogP contribution in [0.4, 0.5) is 0 Å². The van der Waals surface area contributed by atoms with Gasteiger partial charge in [-0.2, -0.15) is 0 Å². The number of hydrogen-bond donors (Lipinski definition) is 1. The minimum Gasteiger partial charge on any atom is -0.382 e. The monoisotopic (exact) mass is 468 g/mol. The van der Waals surface area contributed by atoms with Crippen LogP contribution in [0.2, 0.25) is 0 Å². The number of imidazole rings is 1. The van der Waals surface area contributed by atoms with Crippen LogP contribution in [-0.4, -0.2) is 53.9 Å². The largest absolute Gasteiger partial charge is 0.382 e. The second-order valence-electron chi connectivity index (χ2n) is 6.29. The van der Waals surface area contributed by atoms with Crippen LogP contribution in [-0.2, 0) is 9.47 Å². The summed E-state index contributed by atoms with van der Waals surface area (Å²) in [6.45, 7) is 5.38. The number of ether oxygens (including phenoxy) is 2. The van der Waals surface area contributed by atoms with Gasteiger partial charge in [0.15, 0.2) is 0 Å². The molecule has 1 amide bonds. The predicted octanol–water partition coefficient (Wildman–Crippen LogP) is 4.40. The standard InChI is InChI=1S/C15H17BrN4O.C4H10O2.C2H6/c16-11-8-13(15(21)18-12-4-2-1-3-5-12)19-14(9-11)20-7-6-17-10-20;1-5-3-4-6-2;1-2/h6-10,12H,1-5H2,(H,18,21);3-4H2,1-2H3;1-2H3. The van der Waals surface area contributed by atoms with Gasteiger partial charge in [0.2, 0.25) is 0 Å². The number of amides is 1. The zero-order chi connectivity index (χ0) is 21.5. The molecule has 0 aliphatic heterocycles. The molecule has 2 heterocycles. The lowest BCUT2D eigenvalue weighted by Gasteiger charge is -2.22. The number of nitrogens with one attached hydrogen (secondary N) is 1. The Kier molecular flexibility index (Phi) is 13.2. The van der Waals surface area contributed by atoms with Crippen molar-refractivity contribution in [1.82, 2.24) is 19.9 Å². The molecule has 162 valence electrons. The molecule has 1 N–H and O–H groups in total. The summed E-state index contributed by atoms with van der Waals surface area (Å²) in [5.74, 6) is 0.570. The summed E-state index contributed by atoms with van der Waals surface area (Å²) in [4.78, 5) is 20.8. The molecule has 0 bridgehead atoms. The molecular formula is C21H33BrN4O3. The van der Waals surface area contributed by atoms with Gasteiger partial charge in [-0.1, -0.05) is 49.0 Å². The van der Waals surface area contributed by atoms with Crippen LogP contribution in [0.25, 0.3) is 5.82 Å². The van der Waals surface area contributed by atoms with Crippen molar-refractivity contribution >= 4 is 21.8 Å². The second kappa shape index (κ2) is 15.1. The van der Waals surface area contributed by atoms with Crippen molar-refractivity contribution in [3.05, 3.63) is 41.0 Å². The molecule has 3 rings (SSSR count). The summed E-state index contributed by atoms with van der Waals surface area (Å²) in [5.41, 5.74) is 0.429. The second-order valence-corrected chi connectivity index (χ2v) is 7.21. The van der Waals surface area contributed by atoms with E-state index in [1.54, 1.807) is 43.6 Å². The van der Waals surface area contributed by atoms with Gasteiger partial charge in [0, 0.05) is 37.1 Å². The van der Waals surface area contributed by atoms with E-state index in [9.17, 15) is 4.79 Å². The number of rotatable bonds is 6. The normalized spacial score (nSPS) is 13.6. The van der Waals surface area contributed by atoms with Gasteiger partial charge in [0.05, 0.1) is 13.2 Å². The van der Waals surface area contributed by atoms with Gasteiger partial charge in [0.1, 0.15) is 17.8 Å². The van der Waals surface area contributed by atoms with Gasteiger partial charge in [-0.3, -0.25) is 9.36 Å². The van der Waals surface area contributed by atoms with Crippen LogP contribution < -0.4 is 5.32 Å². The average Bonchev–Trinajstić information content (AvgIpc) is 3.29. The van der Waals surface area contributed by atoms with E-state index in [1.165, 1.54) is 19.3 Å². The van der Waals surface area contributed by atoms with Crippen molar-refractivity contribution in [1.29, 1.82) is 0 Å². The van der Waals surface area contributed by atoms with Gasteiger partial charge >= 0.3 is 0 Å². The predicted molar refractivity (Wildman–Crippen MR) is 118 cm³/mol. The van der Waals surface area contributed by atoms with Crippen molar-refractivity contribution in [2.24, 2.45) is 0 Å². The van der Waals surface area contributed by atoms with Gasteiger partial charge in [0.25, 0.3) is 5.91 Å². The van der Waals surface area contributed by atoms with Gasteiger partial charge in [-0.25, -0.2) is 9.97 Å². The summed E-state index contributed by atoms with van der Waals surface area (Å²) in [5, 5.41) is 3.09. The minimum absolute atomic E-state index is 0.107. The van der Waals surface area contributed by atoms with E-state index in [-0.39, 0.29) is 11.9 Å². The molecule has 1 aliphatic rings. The first-order valence-corrected chi connectivity index (χ1v) is 10.9. The fourth-order valence-corrected chi connectivity index (χ4v) is 3.22. The number of methoxy groups -OCH3 is 2. The first-order chi connectivity index (χ1) is 14.1. The fourth-order valence-electron chi connectivity index (χ4n) is 2.80. The Hall–Kier alpha value is -1.77. The van der Waals surface area contributed by atoms with Crippen molar-refractivity contribution in [3.63, 3.8) is 0 Å². The quantitative estimate of drug-likeness (QED) is 0.635. The van der Waals surface area contributed by atoms with Crippen LogP contribution in [0.5, 0.6) is 0 Å². The topological polar surface area (TPSA) is 78.3 Å². The van der Waals surface area contributed by atoms with Crippen molar-refractivity contribution < 1.29 is 14.3 Å². The Morgan fingerprint density at radius 1 is 1.17 bits per heavy atom. The summed E-state index contributed by atoms with van der Waals surface area (Å²) in [6, 6.07) is 3.89. The highest BCUT2D eigenvalue weighted by Crippen LogP contribution is 2.19. The molecule has 0 unspecified atom stereocenters. The molecule has 2 aromatic heterocycles. The van der Waals surface area contributed by atoms with E-state index in [4.69, 9.17) is 0 Å². The van der Waals surface area contributed by atoms with E-state index in [0.29, 0.717) is 24.7 Å². The van der Waals surface area contributed by atoms with Crippen molar-refractivity contribution in [2.75, 3.05) is 27.4 Å². The summed E-state index contributed by atoms with van der Waals surface area (Å²) < 4.78 is 11.9. The summed E-state index contributed by atoms with van der Waals surface area (Å²) in [6.07, 6.45) is 10.9. The van der Waals surface area contributed by atoms with E-state index in [2.05, 4.69) is 40.7 Å². The molecular weight excluding hydrogens is 436 g/mol. The minimum atomic E-state index is -0.107. The zero-order valence-electron chi connectivity index (χ0n) is 17.9. The Morgan fingerprint density at radius 3 is 2.38 bits per heavy atom. The molecule has 0 atom stereocenters. The highest BCUT2D eigenvalue weighted by Gasteiger charge is 2.18. The number of hydrogen-bond acceptors (Lipinski definition) is 5. The third-order valence-corrected chi connectivity index (χ3v) is 4.67. The number of pyridine rings is 1. The summed E-state index contributed by atoms with van der Waals surface area (Å²) in [7, 11) is 3.30. The smallest absolute Gasteiger partial charge is 0.270 e. The zero-order valence-corrected chi connectivity index (χ0v) is 19.4. The molecule has 0 aromatic carbocycles. The van der Waals surface area contributed by atoms with E-state index >= 15 is 0 Å². The maximum Gasteiger partial charge on any atom is 0.270 e. The SMILES string of the molecule is CC.COCCOC.O=C(NC1CCCCC1)c1cc(Br)cc(-n2ccnc2)n1. The third kappa shape index (κ3) is 9.51. The number of halogens is 1. The maximum atomic E-state index is 12.4. The highest BCUT2D eigenvalue weighted by atomic mass is 79.9. The molecule has 1 saturated carbocycles. The lowest BCUT2D eigenvalue weighted by atomic mass is 9.95. The van der Waals surface area contributed by atoms with Crippen LogP contribution in [0.1, 0.15) is 56.4 Å². The lowest BCUT2D eigenvalue weighted by molar-refractivity contribution is 0.0922. The Bertz CT molecular complexity index is 685. The fraction of sp³-hybridized carbons (Fsp3) is 0.571. The molecule has 2 aromatic rings. The average molecular weight is 469 g/mol. The maximum absolute atomic E-state index is 12.4. The van der Waals surface area contributed by atoms with Crippen LogP contribution >= 0.6 is 15.9 Å². The number of carbonyl (C=O) groups is 1. The summed E-state index contributed by atoms with van der Waals surface area (Å²) >= 11 is 3.44. The van der Waals surface area contributed by atoms with Gasteiger partial charge in [-0.05, 0) is 25.0 Å². The molecule has 29 heavy (non-hydrogen) atoms. The molecule has 7 nitrogen and oxygen atoms in total. The molecule has 0 radical (unpaired) electrons. The van der Waals surface area contributed by atoms with Crippen LogP contribution in [0.3, 0.4) is 0 Å². The van der Waals surface area contributed by atoms with E-state index in [0.717, 1.165) is 17.3 Å². The Morgan fingerprint density at radius 2 is 1.83 bits per heavy atom. The molecule has 0 spiro atoms. The number of nitrogens with zero attached hydrogens (tertiary/aromatic N) is 3. The Balaban J connectivity index is 0.000000454. The lowest BCUT2D eigenvalue weighted by Crippen LogP contribution is -2.36. The van der Waals surface area contributed by atoms with Crippen LogP contribution in [0.15, 0.2) is 35.3 Å². The Labute approximate surface area is 182 Å². The number of aromatic nitrogens is 3. The first-order valence-electron chi connectivity index (χ1n) is 10.1. The molecule has 1 aliphatic carbocycles. The third-order valence-electron chi connectivity index (χ3n) is 4.21. The van der Waals surface area contributed by atoms with Crippen molar-refractivity contribution in [3.8, 4) is 5.82 Å². The molecule has 8 heteroatoms. The van der Waals surface area contributed by atoms with Crippen LogP contribution in [0, 0.1) is 0 Å². The van der Waals surface area contributed by atoms with Crippen molar-refractivity contribution in [2.45, 2.75) is 52.0 Å². The van der Waals surface area contributed by atoms with Gasteiger partial charge < -0.3 is 14.8 Å². The molecule has 0 saturated heterocycles. The van der Waals surface area contributed by atoms with E-state index in [1.807, 2.05) is 19.9 Å². The van der Waals surface area contributed by atoms with Gasteiger partial charge in [-0.15, -0.1) is 0 Å². The molecule has 1 fully saturated rings. The first kappa shape index (κ1) is 25.3. The number of carbonyl (C=O) groups excluding carboxylic acids is 1. The highest BCUT2D eigenvalue weighted by molar-refractivity contribution is 9.10.